The highest BCUT2D eigenvalue weighted by Crippen LogP contribution is 2.51. The third kappa shape index (κ3) is 2.13. The quantitative estimate of drug-likeness (QED) is 0.864. The number of thioether (sulfide) groups is 1. The van der Waals surface area contributed by atoms with Crippen LogP contribution in [0.2, 0.25) is 0 Å². The molecule has 1 nitrogen and oxygen atoms in total. The van der Waals surface area contributed by atoms with E-state index in [1.165, 1.54) is 18.4 Å². The summed E-state index contributed by atoms with van der Waals surface area (Å²) in [6, 6.07) is 8.55. The molecule has 0 saturated carbocycles. The summed E-state index contributed by atoms with van der Waals surface area (Å²) in [7, 11) is 0. The summed E-state index contributed by atoms with van der Waals surface area (Å²) >= 11 is 2.10. The Labute approximate surface area is 108 Å². The van der Waals surface area contributed by atoms with Crippen LogP contribution in [0.15, 0.2) is 24.3 Å². The van der Waals surface area contributed by atoms with Gasteiger partial charge < -0.3 is 5.11 Å². The Kier molecular flexibility index (Phi) is 2.95. The first-order chi connectivity index (χ1) is 8.19. The lowest BCUT2D eigenvalue weighted by atomic mass is 9.85. The molecule has 2 bridgehead atoms. The van der Waals surface area contributed by atoms with Crippen LogP contribution in [0.1, 0.15) is 43.7 Å². The minimum absolute atomic E-state index is 0.553. The smallest absolute Gasteiger partial charge is 0.0917 e. The Balaban J connectivity index is 1.91. The first kappa shape index (κ1) is 11.6. The average molecular weight is 248 g/mol. The van der Waals surface area contributed by atoms with Crippen molar-refractivity contribution in [3.63, 3.8) is 0 Å². The van der Waals surface area contributed by atoms with E-state index in [2.05, 4.69) is 43.0 Å². The summed E-state index contributed by atoms with van der Waals surface area (Å²) in [6.07, 6.45) is 5.53. The van der Waals surface area contributed by atoms with Gasteiger partial charge in [-0.15, -0.1) is 0 Å². The minimum Gasteiger partial charge on any atom is -0.385 e. The van der Waals surface area contributed by atoms with Crippen molar-refractivity contribution in [2.45, 2.75) is 55.1 Å². The molecule has 3 rings (SSSR count). The van der Waals surface area contributed by atoms with Gasteiger partial charge in [-0.25, -0.2) is 0 Å². The van der Waals surface area contributed by atoms with E-state index in [-0.39, 0.29) is 0 Å². The first-order valence-corrected chi connectivity index (χ1v) is 7.61. The molecule has 0 radical (unpaired) electrons. The maximum Gasteiger partial charge on any atom is 0.0917 e. The molecule has 0 spiro atoms. The van der Waals surface area contributed by atoms with Crippen LogP contribution in [0.4, 0.5) is 0 Å². The van der Waals surface area contributed by atoms with Gasteiger partial charge >= 0.3 is 0 Å². The largest absolute Gasteiger partial charge is 0.385 e. The van der Waals surface area contributed by atoms with Crippen molar-refractivity contribution < 1.29 is 5.11 Å². The van der Waals surface area contributed by atoms with E-state index in [1.807, 2.05) is 0 Å². The third-order valence-corrected chi connectivity index (χ3v) is 5.77. The lowest BCUT2D eigenvalue weighted by molar-refractivity contribution is 0.0196. The number of hydrogen-bond acceptors (Lipinski definition) is 2. The lowest BCUT2D eigenvalue weighted by Crippen LogP contribution is -2.34. The highest BCUT2D eigenvalue weighted by Gasteiger charge is 2.44. The summed E-state index contributed by atoms with van der Waals surface area (Å²) in [5.74, 6) is 0. The molecule has 2 heteroatoms. The Bertz CT molecular complexity index is 403. The van der Waals surface area contributed by atoms with Crippen molar-refractivity contribution in [1.29, 1.82) is 0 Å². The molecule has 0 aliphatic carbocycles. The van der Waals surface area contributed by atoms with E-state index in [0.29, 0.717) is 10.5 Å². The van der Waals surface area contributed by atoms with Crippen molar-refractivity contribution in [1.82, 2.24) is 0 Å². The van der Waals surface area contributed by atoms with Gasteiger partial charge in [0, 0.05) is 10.5 Å². The highest BCUT2D eigenvalue weighted by atomic mass is 32.2. The maximum absolute atomic E-state index is 10.9. The van der Waals surface area contributed by atoms with Crippen LogP contribution in [-0.4, -0.2) is 15.6 Å². The van der Waals surface area contributed by atoms with E-state index in [9.17, 15) is 5.11 Å². The SMILES string of the molecule is CCc1cccc(C2(O)CC3CCC(C2)S3)c1. The zero-order valence-corrected chi connectivity index (χ0v) is 11.2. The molecular weight excluding hydrogens is 228 g/mol. The molecule has 0 aromatic heterocycles. The monoisotopic (exact) mass is 248 g/mol. The van der Waals surface area contributed by atoms with Gasteiger partial charge in [0.2, 0.25) is 0 Å². The van der Waals surface area contributed by atoms with Crippen molar-refractivity contribution in [2.75, 3.05) is 0 Å². The molecule has 17 heavy (non-hydrogen) atoms. The average Bonchev–Trinajstić information content (AvgIpc) is 2.69. The molecule has 2 aliphatic rings. The predicted octanol–water partition coefficient (Wildman–Crippen LogP) is 3.49. The van der Waals surface area contributed by atoms with Crippen molar-refractivity contribution in [3.05, 3.63) is 35.4 Å². The number of benzene rings is 1. The summed E-state index contributed by atoms with van der Waals surface area (Å²) in [6.45, 7) is 2.17. The zero-order chi connectivity index (χ0) is 11.9. The number of rotatable bonds is 2. The molecule has 1 N–H and O–H groups in total. The van der Waals surface area contributed by atoms with Gasteiger partial charge in [0.05, 0.1) is 5.60 Å². The molecule has 2 fully saturated rings. The molecule has 1 aromatic rings. The fourth-order valence-corrected chi connectivity index (χ4v) is 5.07. The van der Waals surface area contributed by atoms with Gasteiger partial charge in [-0.1, -0.05) is 31.2 Å². The molecule has 2 atom stereocenters. The van der Waals surface area contributed by atoms with E-state index in [1.54, 1.807) is 0 Å². The number of aliphatic hydroxyl groups is 1. The molecule has 2 aliphatic heterocycles. The lowest BCUT2D eigenvalue weighted by Gasteiger charge is -2.36. The zero-order valence-electron chi connectivity index (χ0n) is 10.4. The normalized spacial score (nSPS) is 36.1. The van der Waals surface area contributed by atoms with Gasteiger partial charge in [0.15, 0.2) is 0 Å². The Morgan fingerprint density at radius 2 is 2.00 bits per heavy atom. The van der Waals surface area contributed by atoms with Crippen LogP contribution >= 0.6 is 11.8 Å². The molecule has 0 amide bonds. The van der Waals surface area contributed by atoms with Crippen LogP contribution < -0.4 is 0 Å². The van der Waals surface area contributed by atoms with Crippen molar-refractivity contribution in [2.24, 2.45) is 0 Å². The third-order valence-electron chi connectivity index (χ3n) is 4.20. The molecule has 1 aromatic carbocycles. The second kappa shape index (κ2) is 4.33. The molecule has 2 saturated heterocycles. The van der Waals surface area contributed by atoms with Crippen molar-refractivity contribution >= 4 is 11.8 Å². The minimum atomic E-state index is -0.553. The van der Waals surface area contributed by atoms with Crippen molar-refractivity contribution in [3.8, 4) is 0 Å². The van der Waals surface area contributed by atoms with E-state index < -0.39 is 5.60 Å². The Hall–Kier alpha value is -0.470. The van der Waals surface area contributed by atoms with Crippen LogP contribution in [0, 0.1) is 0 Å². The molecule has 2 unspecified atom stereocenters. The molecule has 2 heterocycles. The van der Waals surface area contributed by atoms with Crippen LogP contribution in [0.5, 0.6) is 0 Å². The fraction of sp³-hybridized carbons (Fsp3) is 0.600. The summed E-state index contributed by atoms with van der Waals surface area (Å²) in [5, 5.41) is 12.3. The number of aryl methyl sites for hydroxylation is 1. The van der Waals surface area contributed by atoms with Crippen LogP contribution in [0.25, 0.3) is 0 Å². The standard InChI is InChI=1S/C15H20OS/c1-2-11-4-3-5-12(8-11)15(16)9-13-6-7-14(10-15)17-13/h3-5,8,13-14,16H,2,6-7,9-10H2,1H3. The summed E-state index contributed by atoms with van der Waals surface area (Å²) in [5.41, 5.74) is 1.93. The van der Waals surface area contributed by atoms with Crippen LogP contribution in [-0.2, 0) is 12.0 Å². The van der Waals surface area contributed by atoms with Gasteiger partial charge in [0.25, 0.3) is 0 Å². The Morgan fingerprint density at radius 1 is 1.29 bits per heavy atom. The van der Waals surface area contributed by atoms with Gasteiger partial charge in [0.1, 0.15) is 0 Å². The second-order valence-electron chi connectivity index (χ2n) is 5.45. The van der Waals surface area contributed by atoms with Crippen LogP contribution in [0.3, 0.4) is 0 Å². The number of fused-ring (bicyclic) bond motifs is 2. The fourth-order valence-electron chi connectivity index (χ4n) is 3.23. The predicted molar refractivity (Wildman–Crippen MR) is 73.4 cm³/mol. The topological polar surface area (TPSA) is 20.2 Å². The van der Waals surface area contributed by atoms with E-state index >= 15 is 0 Å². The molecular formula is C15H20OS. The summed E-state index contributed by atoms with van der Waals surface area (Å²) in [4.78, 5) is 0. The summed E-state index contributed by atoms with van der Waals surface area (Å²) < 4.78 is 0. The van der Waals surface area contributed by atoms with Gasteiger partial charge in [-0.05, 0) is 43.2 Å². The molecule has 92 valence electrons. The highest BCUT2D eigenvalue weighted by molar-refractivity contribution is 8.00. The second-order valence-corrected chi connectivity index (χ2v) is 7.06. The van der Waals surface area contributed by atoms with Gasteiger partial charge in [-0.2, -0.15) is 11.8 Å². The van der Waals surface area contributed by atoms with E-state index in [4.69, 9.17) is 0 Å². The Morgan fingerprint density at radius 3 is 2.65 bits per heavy atom. The van der Waals surface area contributed by atoms with Gasteiger partial charge in [-0.3, -0.25) is 0 Å². The first-order valence-electron chi connectivity index (χ1n) is 6.67. The number of hydrogen-bond donors (Lipinski definition) is 1. The maximum atomic E-state index is 10.9. The van der Waals surface area contributed by atoms with E-state index in [0.717, 1.165) is 24.8 Å².